The molecule has 0 saturated carbocycles. The van der Waals surface area contributed by atoms with E-state index in [9.17, 15) is 4.79 Å². The standard InChI is InChI=1S/C21H19ClN8OS3/c1-13(14-7-3-2-4-8-14)25-26-18-24-19(28-27-18)32-12-17(31)23-20-29-30-21(34-20)33-11-15-9-5-6-10-16(15)22/h2-10H,11-12H2,1H3,(H,23,29,31)(H2,24,26,27,28)/b25-13+. The zero-order chi connectivity index (χ0) is 23.8. The molecule has 2 heterocycles. The number of H-pyrrole nitrogens is 1. The van der Waals surface area contributed by atoms with E-state index in [4.69, 9.17) is 11.6 Å². The van der Waals surface area contributed by atoms with Crippen molar-refractivity contribution in [3.8, 4) is 0 Å². The summed E-state index contributed by atoms with van der Waals surface area (Å²) in [6, 6.07) is 17.4. The number of thioether (sulfide) groups is 2. The molecule has 9 nitrogen and oxygen atoms in total. The minimum absolute atomic E-state index is 0.130. The van der Waals surface area contributed by atoms with E-state index in [-0.39, 0.29) is 11.7 Å². The molecule has 4 aromatic rings. The summed E-state index contributed by atoms with van der Waals surface area (Å²) < 4.78 is 0.749. The number of hydrazone groups is 1. The molecule has 0 aliphatic rings. The number of nitrogens with zero attached hydrogens (tertiary/aromatic N) is 5. The Morgan fingerprint density at radius 1 is 1.12 bits per heavy atom. The lowest BCUT2D eigenvalue weighted by molar-refractivity contribution is -0.113. The van der Waals surface area contributed by atoms with Crippen LogP contribution in [0.15, 0.2) is 69.2 Å². The number of amides is 1. The molecule has 174 valence electrons. The molecule has 2 aromatic heterocycles. The van der Waals surface area contributed by atoms with Gasteiger partial charge in [0.15, 0.2) is 4.34 Å². The van der Waals surface area contributed by atoms with Crippen molar-refractivity contribution >= 4 is 69.2 Å². The fourth-order valence-electron chi connectivity index (χ4n) is 2.60. The van der Waals surface area contributed by atoms with Gasteiger partial charge in [-0.2, -0.15) is 10.1 Å². The average molecular weight is 531 g/mol. The Hall–Kier alpha value is -2.93. The van der Waals surface area contributed by atoms with Gasteiger partial charge in [-0.15, -0.1) is 15.3 Å². The second kappa shape index (κ2) is 12.0. The Morgan fingerprint density at radius 3 is 2.74 bits per heavy atom. The molecule has 13 heteroatoms. The number of halogens is 1. The van der Waals surface area contributed by atoms with Crippen LogP contribution >= 0.6 is 46.5 Å². The van der Waals surface area contributed by atoms with Gasteiger partial charge in [0.1, 0.15) is 0 Å². The van der Waals surface area contributed by atoms with Crippen LogP contribution in [0.5, 0.6) is 0 Å². The summed E-state index contributed by atoms with van der Waals surface area (Å²) in [6.45, 7) is 1.90. The molecular weight excluding hydrogens is 512 g/mol. The van der Waals surface area contributed by atoms with Gasteiger partial charge in [0.2, 0.25) is 22.1 Å². The van der Waals surface area contributed by atoms with Gasteiger partial charge in [0.25, 0.3) is 0 Å². The summed E-state index contributed by atoms with van der Waals surface area (Å²) in [6.07, 6.45) is 0. The molecule has 0 radical (unpaired) electrons. The predicted molar refractivity (Wildman–Crippen MR) is 139 cm³/mol. The number of carbonyl (C=O) groups is 1. The van der Waals surface area contributed by atoms with Gasteiger partial charge in [0.05, 0.1) is 11.5 Å². The fraction of sp³-hybridized carbons (Fsp3) is 0.143. The number of aromatic amines is 1. The van der Waals surface area contributed by atoms with Crippen LogP contribution in [0.3, 0.4) is 0 Å². The molecule has 34 heavy (non-hydrogen) atoms. The van der Waals surface area contributed by atoms with Gasteiger partial charge >= 0.3 is 0 Å². The molecule has 0 unspecified atom stereocenters. The molecule has 1 amide bonds. The van der Waals surface area contributed by atoms with Crippen molar-refractivity contribution in [3.05, 3.63) is 70.7 Å². The number of nitrogens with one attached hydrogen (secondary N) is 3. The van der Waals surface area contributed by atoms with E-state index in [0.717, 1.165) is 21.2 Å². The number of rotatable bonds is 10. The minimum atomic E-state index is -0.221. The fourth-order valence-corrected chi connectivity index (χ4v) is 5.25. The minimum Gasteiger partial charge on any atom is -0.300 e. The van der Waals surface area contributed by atoms with Gasteiger partial charge in [-0.25, -0.2) is 10.5 Å². The average Bonchev–Trinajstić information content (AvgIpc) is 3.50. The number of anilines is 2. The summed E-state index contributed by atoms with van der Waals surface area (Å²) in [4.78, 5) is 16.6. The van der Waals surface area contributed by atoms with E-state index in [1.54, 1.807) is 0 Å². The van der Waals surface area contributed by atoms with E-state index >= 15 is 0 Å². The highest BCUT2D eigenvalue weighted by molar-refractivity contribution is 8.00. The lowest BCUT2D eigenvalue weighted by Crippen LogP contribution is -2.13. The Balaban J connectivity index is 1.22. The lowest BCUT2D eigenvalue weighted by atomic mass is 10.1. The molecule has 0 bridgehead atoms. The molecule has 0 saturated heterocycles. The van der Waals surface area contributed by atoms with Crippen LogP contribution in [0.1, 0.15) is 18.1 Å². The van der Waals surface area contributed by atoms with Crippen molar-refractivity contribution in [3.63, 3.8) is 0 Å². The molecule has 3 N–H and O–H groups in total. The molecule has 0 fully saturated rings. The molecule has 0 aliphatic heterocycles. The summed E-state index contributed by atoms with van der Waals surface area (Å²) >= 11 is 10.2. The largest absolute Gasteiger partial charge is 0.300 e. The van der Waals surface area contributed by atoms with E-state index < -0.39 is 0 Å². The molecule has 0 aliphatic carbocycles. The Morgan fingerprint density at radius 2 is 1.91 bits per heavy atom. The van der Waals surface area contributed by atoms with Crippen LogP contribution < -0.4 is 10.7 Å². The van der Waals surface area contributed by atoms with Crippen molar-refractivity contribution in [1.29, 1.82) is 0 Å². The Labute approximate surface area is 213 Å². The third-order valence-corrected chi connectivity index (χ3v) is 7.52. The van der Waals surface area contributed by atoms with Crippen LogP contribution in [0.2, 0.25) is 5.02 Å². The highest BCUT2D eigenvalue weighted by atomic mass is 35.5. The first-order valence-corrected chi connectivity index (χ1v) is 13.1. The summed E-state index contributed by atoms with van der Waals surface area (Å²) in [5.74, 6) is 0.975. The van der Waals surface area contributed by atoms with Crippen molar-refractivity contribution in [1.82, 2.24) is 25.4 Å². The first kappa shape index (κ1) is 24.2. The number of aromatic nitrogens is 5. The highest BCUT2D eigenvalue weighted by Gasteiger charge is 2.12. The highest BCUT2D eigenvalue weighted by Crippen LogP contribution is 2.30. The van der Waals surface area contributed by atoms with E-state index in [2.05, 4.69) is 41.2 Å². The van der Waals surface area contributed by atoms with Gasteiger partial charge in [-0.05, 0) is 24.1 Å². The summed E-state index contributed by atoms with van der Waals surface area (Å²) in [5, 5.41) is 23.6. The van der Waals surface area contributed by atoms with E-state index in [1.165, 1.54) is 34.9 Å². The number of benzene rings is 2. The zero-order valence-electron chi connectivity index (χ0n) is 17.9. The van der Waals surface area contributed by atoms with Crippen molar-refractivity contribution < 1.29 is 4.79 Å². The molecule has 4 rings (SSSR count). The van der Waals surface area contributed by atoms with Crippen molar-refractivity contribution in [2.75, 3.05) is 16.5 Å². The first-order chi connectivity index (χ1) is 16.6. The van der Waals surface area contributed by atoms with Crippen molar-refractivity contribution in [2.24, 2.45) is 5.10 Å². The van der Waals surface area contributed by atoms with E-state index in [1.807, 2.05) is 61.5 Å². The third kappa shape index (κ3) is 7.03. The Kier molecular flexibility index (Phi) is 8.52. The van der Waals surface area contributed by atoms with Gasteiger partial charge in [-0.3, -0.25) is 10.1 Å². The van der Waals surface area contributed by atoms with Gasteiger partial charge in [0, 0.05) is 10.8 Å². The molecule has 0 atom stereocenters. The molecular formula is C21H19ClN8OS3. The number of hydrogen-bond acceptors (Lipinski definition) is 10. The molecule has 0 spiro atoms. The SMILES string of the molecule is C/C(=N\Nc1nc(SCC(=O)Nc2nnc(SCc3ccccc3Cl)s2)n[nH]1)c1ccccc1. The maximum absolute atomic E-state index is 12.3. The Bertz CT molecular complexity index is 1280. The second-order valence-electron chi connectivity index (χ2n) is 6.73. The second-order valence-corrected chi connectivity index (χ2v) is 10.3. The van der Waals surface area contributed by atoms with Crippen LogP contribution in [-0.4, -0.2) is 42.8 Å². The third-order valence-electron chi connectivity index (χ3n) is 4.28. The monoisotopic (exact) mass is 530 g/mol. The predicted octanol–water partition coefficient (Wildman–Crippen LogP) is 5.17. The maximum Gasteiger partial charge on any atom is 0.240 e. The van der Waals surface area contributed by atoms with Gasteiger partial charge in [-0.1, -0.05) is 95.0 Å². The normalized spacial score (nSPS) is 11.4. The van der Waals surface area contributed by atoms with Crippen molar-refractivity contribution in [2.45, 2.75) is 22.2 Å². The quantitative estimate of drug-likeness (QED) is 0.111. The number of hydrogen-bond donors (Lipinski definition) is 3. The van der Waals surface area contributed by atoms with Crippen LogP contribution in [0, 0.1) is 0 Å². The smallest absolute Gasteiger partial charge is 0.240 e. The van der Waals surface area contributed by atoms with Crippen LogP contribution in [0.4, 0.5) is 11.1 Å². The first-order valence-electron chi connectivity index (χ1n) is 9.97. The van der Waals surface area contributed by atoms with E-state index in [0.29, 0.717) is 27.0 Å². The topological polar surface area (TPSA) is 121 Å². The summed E-state index contributed by atoms with van der Waals surface area (Å²) in [7, 11) is 0. The van der Waals surface area contributed by atoms with Crippen LogP contribution in [-0.2, 0) is 10.5 Å². The van der Waals surface area contributed by atoms with Gasteiger partial charge < -0.3 is 0 Å². The maximum atomic E-state index is 12.3. The zero-order valence-corrected chi connectivity index (χ0v) is 21.1. The number of carbonyl (C=O) groups excluding carboxylic acids is 1. The van der Waals surface area contributed by atoms with Crippen LogP contribution in [0.25, 0.3) is 0 Å². The molecule has 2 aromatic carbocycles. The lowest BCUT2D eigenvalue weighted by Gasteiger charge is -2.01. The summed E-state index contributed by atoms with van der Waals surface area (Å²) in [5.41, 5.74) is 5.67.